The Morgan fingerprint density at radius 3 is 2.62 bits per heavy atom. The molecule has 0 N–H and O–H groups in total. The first-order valence-electron chi connectivity index (χ1n) is 9.54. The number of pyridine rings is 1. The Balaban J connectivity index is 1.27. The molecule has 2 saturated heterocycles. The van der Waals surface area contributed by atoms with Gasteiger partial charge in [-0.05, 0) is 43.1 Å². The molecule has 2 bridgehead atoms. The second kappa shape index (κ2) is 6.56. The quantitative estimate of drug-likeness (QED) is 0.850. The van der Waals surface area contributed by atoms with Gasteiger partial charge in [0.15, 0.2) is 11.9 Å². The number of piperazine rings is 1. The van der Waals surface area contributed by atoms with Crippen LogP contribution in [-0.2, 0) is 6.54 Å². The van der Waals surface area contributed by atoms with Crippen LogP contribution in [0, 0.1) is 0 Å². The summed E-state index contributed by atoms with van der Waals surface area (Å²) in [5, 5.41) is 0. The number of aromatic nitrogens is 1. The Morgan fingerprint density at radius 2 is 1.85 bits per heavy atom. The highest BCUT2D eigenvalue weighted by Gasteiger charge is 2.38. The van der Waals surface area contributed by atoms with Crippen LogP contribution in [0.4, 0.5) is 0 Å². The summed E-state index contributed by atoms with van der Waals surface area (Å²) < 4.78 is 11.8. The number of benzene rings is 1. The predicted molar refractivity (Wildman–Crippen MR) is 99.4 cm³/mol. The van der Waals surface area contributed by atoms with Gasteiger partial charge in [0.05, 0.1) is 0 Å². The van der Waals surface area contributed by atoms with E-state index in [2.05, 4.69) is 46.1 Å². The van der Waals surface area contributed by atoms with E-state index in [1.807, 2.05) is 12.1 Å². The van der Waals surface area contributed by atoms with E-state index in [0.717, 1.165) is 29.9 Å². The Morgan fingerprint density at radius 1 is 1.08 bits per heavy atom. The van der Waals surface area contributed by atoms with Crippen molar-refractivity contribution in [1.29, 1.82) is 0 Å². The molecule has 0 aliphatic carbocycles. The van der Waals surface area contributed by atoms with Crippen molar-refractivity contribution in [2.45, 2.75) is 37.6 Å². The van der Waals surface area contributed by atoms with Crippen LogP contribution in [0.25, 0.3) is 0 Å². The molecule has 1 aromatic carbocycles. The fourth-order valence-electron chi connectivity index (χ4n) is 4.58. The van der Waals surface area contributed by atoms with Gasteiger partial charge in [0.2, 0.25) is 0 Å². The van der Waals surface area contributed by atoms with Crippen molar-refractivity contribution < 1.29 is 9.47 Å². The SMILES string of the molecule is CN1CC2CCC(C1)N2Cc1ccc(C2COc3cccnc3O2)cc1. The molecule has 3 aliphatic heterocycles. The summed E-state index contributed by atoms with van der Waals surface area (Å²) in [6.07, 6.45) is 4.32. The molecule has 5 heteroatoms. The third-order valence-electron chi connectivity index (χ3n) is 5.91. The zero-order valence-electron chi connectivity index (χ0n) is 15.2. The molecular formula is C21H25N3O2. The fraction of sp³-hybridized carbons (Fsp3) is 0.476. The van der Waals surface area contributed by atoms with Crippen LogP contribution in [0.2, 0.25) is 0 Å². The van der Waals surface area contributed by atoms with Crippen molar-refractivity contribution in [2.24, 2.45) is 0 Å². The summed E-state index contributed by atoms with van der Waals surface area (Å²) in [7, 11) is 2.25. The third-order valence-corrected chi connectivity index (χ3v) is 5.91. The van der Waals surface area contributed by atoms with Crippen LogP contribution < -0.4 is 9.47 Å². The number of rotatable bonds is 3. The van der Waals surface area contributed by atoms with Crippen molar-refractivity contribution in [3.8, 4) is 11.6 Å². The minimum absolute atomic E-state index is 0.0914. The second-order valence-corrected chi connectivity index (χ2v) is 7.74. The maximum atomic E-state index is 6.01. The lowest BCUT2D eigenvalue weighted by Gasteiger charge is -2.39. The summed E-state index contributed by atoms with van der Waals surface area (Å²) in [5.74, 6) is 1.31. The standard InChI is InChI=1S/C21H25N3O2/c1-23-12-17-8-9-18(13-23)24(17)11-15-4-6-16(7-5-15)20-14-25-19-3-2-10-22-21(19)26-20/h2-7,10,17-18,20H,8-9,11-14H2,1H3. The molecule has 4 heterocycles. The summed E-state index contributed by atoms with van der Waals surface area (Å²) in [5.41, 5.74) is 2.52. The van der Waals surface area contributed by atoms with Gasteiger partial charge in [-0.3, -0.25) is 4.90 Å². The van der Waals surface area contributed by atoms with Crippen LogP contribution in [0.15, 0.2) is 42.6 Å². The maximum Gasteiger partial charge on any atom is 0.257 e. The summed E-state index contributed by atoms with van der Waals surface area (Å²) >= 11 is 0. The van der Waals surface area contributed by atoms with E-state index in [9.17, 15) is 0 Å². The van der Waals surface area contributed by atoms with Gasteiger partial charge in [-0.25, -0.2) is 4.98 Å². The van der Waals surface area contributed by atoms with Crippen LogP contribution in [0.3, 0.4) is 0 Å². The van der Waals surface area contributed by atoms with Gasteiger partial charge >= 0.3 is 0 Å². The lowest BCUT2D eigenvalue weighted by Crippen LogP contribution is -2.51. The van der Waals surface area contributed by atoms with Crippen molar-refractivity contribution in [3.63, 3.8) is 0 Å². The highest BCUT2D eigenvalue weighted by molar-refractivity contribution is 5.36. The first-order valence-corrected chi connectivity index (χ1v) is 9.54. The lowest BCUT2D eigenvalue weighted by molar-refractivity contribution is 0.0758. The van der Waals surface area contributed by atoms with Gasteiger partial charge < -0.3 is 14.4 Å². The molecule has 26 heavy (non-hydrogen) atoms. The number of hydrogen-bond donors (Lipinski definition) is 0. The lowest BCUT2D eigenvalue weighted by atomic mass is 10.1. The number of nitrogens with zero attached hydrogens (tertiary/aromatic N) is 3. The van der Waals surface area contributed by atoms with E-state index >= 15 is 0 Å². The van der Waals surface area contributed by atoms with Gasteiger partial charge in [-0.2, -0.15) is 0 Å². The van der Waals surface area contributed by atoms with Gasteiger partial charge in [0.1, 0.15) is 6.61 Å². The molecule has 2 fully saturated rings. The highest BCUT2D eigenvalue weighted by Crippen LogP contribution is 2.34. The van der Waals surface area contributed by atoms with E-state index in [1.165, 1.54) is 31.5 Å². The van der Waals surface area contributed by atoms with Crippen molar-refractivity contribution in [3.05, 3.63) is 53.7 Å². The van der Waals surface area contributed by atoms with Crippen molar-refractivity contribution in [2.75, 3.05) is 26.7 Å². The maximum absolute atomic E-state index is 6.01. The molecule has 3 aliphatic rings. The van der Waals surface area contributed by atoms with Crippen molar-refractivity contribution in [1.82, 2.24) is 14.8 Å². The van der Waals surface area contributed by atoms with E-state index in [0.29, 0.717) is 12.5 Å². The normalized spacial score (nSPS) is 28.3. The zero-order chi connectivity index (χ0) is 17.5. The predicted octanol–water partition coefficient (Wildman–Crippen LogP) is 2.87. The average molecular weight is 351 g/mol. The van der Waals surface area contributed by atoms with E-state index in [4.69, 9.17) is 9.47 Å². The molecule has 0 amide bonds. The third kappa shape index (κ3) is 2.95. The van der Waals surface area contributed by atoms with Gasteiger partial charge in [-0.15, -0.1) is 0 Å². The van der Waals surface area contributed by atoms with Crippen LogP contribution in [0.1, 0.15) is 30.1 Å². The Labute approximate surface area is 154 Å². The summed E-state index contributed by atoms with van der Waals surface area (Å²) in [6.45, 7) is 3.99. The second-order valence-electron chi connectivity index (χ2n) is 7.74. The zero-order valence-corrected chi connectivity index (χ0v) is 15.2. The molecular weight excluding hydrogens is 326 g/mol. The molecule has 3 unspecified atom stereocenters. The smallest absolute Gasteiger partial charge is 0.257 e. The molecule has 0 saturated carbocycles. The monoisotopic (exact) mass is 351 g/mol. The highest BCUT2D eigenvalue weighted by atomic mass is 16.6. The minimum Gasteiger partial charge on any atom is -0.484 e. The van der Waals surface area contributed by atoms with Crippen LogP contribution in [-0.4, -0.2) is 53.6 Å². The molecule has 2 aromatic rings. The Kier molecular flexibility index (Phi) is 4.06. The van der Waals surface area contributed by atoms with Gasteiger partial charge in [0.25, 0.3) is 5.88 Å². The van der Waals surface area contributed by atoms with E-state index in [-0.39, 0.29) is 6.10 Å². The fourth-order valence-corrected chi connectivity index (χ4v) is 4.58. The number of likely N-dealkylation sites (tertiary alicyclic amines) is 1. The number of ether oxygens (including phenoxy) is 2. The van der Waals surface area contributed by atoms with Crippen LogP contribution in [0.5, 0.6) is 11.6 Å². The first-order chi connectivity index (χ1) is 12.8. The summed E-state index contributed by atoms with van der Waals surface area (Å²) in [4.78, 5) is 9.45. The first kappa shape index (κ1) is 16.1. The molecule has 0 radical (unpaired) electrons. The molecule has 5 nitrogen and oxygen atoms in total. The molecule has 136 valence electrons. The summed E-state index contributed by atoms with van der Waals surface area (Å²) in [6, 6.07) is 14.0. The van der Waals surface area contributed by atoms with Gasteiger partial charge in [-0.1, -0.05) is 24.3 Å². The molecule has 1 aromatic heterocycles. The van der Waals surface area contributed by atoms with Crippen LogP contribution >= 0.6 is 0 Å². The number of likely N-dealkylation sites (N-methyl/N-ethyl adjacent to an activating group) is 1. The molecule has 3 atom stereocenters. The van der Waals surface area contributed by atoms with E-state index < -0.39 is 0 Å². The molecule has 5 rings (SSSR count). The largest absolute Gasteiger partial charge is 0.484 e. The van der Waals surface area contributed by atoms with Gasteiger partial charge in [0, 0.05) is 37.9 Å². The Bertz CT molecular complexity index is 765. The van der Waals surface area contributed by atoms with Crippen molar-refractivity contribution >= 4 is 0 Å². The Hall–Kier alpha value is -2.11. The molecule has 0 spiro atoms. The minimum atomic E-state index is -0.0914. The topological polar surface area (TPSA) is 37.8 Å². The number of fused-ring (bicyclic) bond motifs is 3. The number of hydrogen-bond acceptors (Lipinski definition) is 5. The average Bonchev–Trinajstić information content (AvgIpc) is 2.91. The van der Waals surface area contributed by atoms with E-state index in [1.54, 1.807) is 6.20 Å².